The smallest absolute Gasteiger partial charge is 0.331 e. The second-order valence-corrected chi connectivity index (χ2v) is 7.58. The molecule has 28 heavy (non-hydrogen) atoms. The Morgan fingerprint density at radius 2 is 2.00 bits per heavy atom. The first-order valence-corrected chi connectivity index (χ1v) is 10.1. The second-order valence-electron chi connectivity index (χ2n) is 6.55. The van der Waals surface area contributed by atoms with E-state index in [1.807, 2.05) is 24.3 Å². The number of hydrogen-bond acceptors (Lipinski definition) is 7. The second kappa shape index (κ2) is 10.2. The molecule has 1 heterocycles. The maximum atomic E-state index is 11.7. The van der Waals surface area contributed by atoms with Crippen LogP contribution in [0.5, 0.6) is 0 Å². The fourth-order valence-electron chi connectivity index (χ4n) is 2.93. The quantitative estimate of drug-likeness (QED) is 0.342. The van der Waals surface area contributed by atoms with Gasteiger partial charge in [0.1, 0.15) is 0 Å². The molecular weight excluding hydrogens is 378 g/mol. The summed E-state index contributed by atoms with van der Waals surface area (Å²) in [7, 11) is 1.25. The minimum absolute atomic E-state index is 0.225. The lowest BCUT2D eigenvalue weighted by molar-refractivity contribution is -0.135. The van der Waals surface area contributed by atoms with Crippen molar-refractivity contribution in [3.8, 4) is 0 Å². The largest absolute Gasteiger partial charge is 0.466 e. The molecule has 3 rings (SSSR count). The Morgan fingerprint density at radius 3 is 2.71 bits per heavy atom. The summed E-state index contributed by atoms with van der Waals surface area (Å²) < 4.78 is 10.5. The summed E-state index contributed by atoms with van der Waals surface area (Å²) in [4.78, 5) is 23.2. The number of amides is 1. The molecule has 1 aromatic rings. The molecule has 2 aliphatic rings. The van der Waals surface area contributed by atoms with Gasteiger partial charge in [0.25, 0.3) is 5.91 Å². The van der Waals surface area contributed by atoms with Gasteiger partial charge in [0, 0.05) is 6.08 Å². The topological polar surface area (TPSA) is 89.3 Å². The van der Waals surface area contributed by atoms with E-state index in [1.165, 1.54) is 26.4 Å². The van der Waals surface area contributed by atoms with Gasteiger partial charge in [-0.25, -0.2) is 4.79 Å². The van der Waals surface area contributed by atoms with Gasteiger partial charge >= 0.3 is 5.97 Å². The molecule has 1 saturated carbocycles. The van der Waals surface area contributed by atoms with E-state index in [0.29, 0.717) is 17.9 Å². The molecule has 2 fully saturated rings. The summed E-state index contributed by atoms with van der Waals surface area (Å²) in [5.41, 5.74) is 2.02. The summed E-state index contributed by atoms with van der Waals surface area (Å²) >= 11 is 1.04. The first kappa shape index (κ1) is 20.3. The number of amidine groups is 1. The summed E-state index contributed by atoms with van der Waals surface area (Å²) in [5.74, 6) is -0.985. The van der Waals surface area contributed by atoms with Gasteiger partial charge in [0.15, 0.2) is 5.17 Å². The average Bonchev–Trinajstić information content (AvgIpc) is 3.07. The highest BCUT2D eigenvalue weighted by Gasteiger charge is 2.25. The van der Waals surface area contributed by atoms with E-state index >= 15 is 0 Å². The van der Waals surface area contributed by atoms with Crippen molar-refractivity contribution in [3.05, 3.63) is 46.4 Å². The molecule has 0 atom stereocenters. The third-order valence-corrected chi connectivity index (χ3v) is 5.37. The van der Waals surface area contributed by atoms with E-state index in [9.17, 15) is 9.59 Å². The van der Waals surface area contributed by atoms with E-state index in [2.05, 4.69) is 20.3 Å². The van der Waals surface area contributed by atoms with Crippen molar-refractivity contribution in [2.45, 2.75) is 44.8 Å². The van der Waals surface area contributed by atoms with Gasteiger partial charge in [0.05, 0.1) is 30.9 Å². The Labute approximate surface area is 168 Å². The molecule has 1 saturated heterocycles. The van der Waals surface area contributed by atoms with Crippen LogP contribution in [-0.4, -0.2) is 36.5 Å². The fourth-order valence-corrected chi connectivity index (χ4v) is 3.67. The normalized spacial score (nSPS) is 20.8. The van der Waals surface area contributed by atoms with Gasteiger partial charge in [-0.2, -0.15) is 5.10 Å². The van der Waals surface area contributed by atoms with Gasteiger partial charge in [-0.3, -0.25) is 10.1 Å². The standard InChI is InChI=1S/C20H23N3O4S/c1-26-18(24)11-17-19(25)22-20(28-17)23-21-12-14-7-9-15(10-8-14)13-27-16-5-3-2-4-6-16/h7-12,16H,2-6,13H2,1H3,(H,22,23,25)/b17-11+,21-12?. The fraction of sp³-hybridized carbons (Fsp3) is 0.400. The molecule has 1 aliphatic heterocycles. The van der Waals surface area contributed by atoms with Crippen LogP contribution in [0.15, 0.2) is 45.4 Å². The number of esters is 1. The zero-order valence-electron chi connectivity index (χ0n) is 15.7. The predicted molar refractivity (Wildman–Crippen MR) is 109 cm³/mol. The Morgan fingerprint density at radius 1 is 1.25 bits per heavy atom. The summed E-state index contributed by atoms with van der Waals surface area (Å²) in [6.45, 7) is 0.627. The van der Waals surface area contributed by atoms with Crippen LogP contribution in [0.2, 0.25) is 0 Å². The Bertz CT molecular complexity index is 796. The lowest BCUT2D eigenvalue weighted by Gasteiger charge is -2.22. The van der Waals surface area contributed by atoms with Crippen LogP contribution in [-0.2, 0) is 25.7 Å². The van der Waals surface area contributed by atoms with Crippen molar-refractivity contribution in [1.29, 1.82) is 0 Å². The SMILES string of the molecule is COC(=O)/C=C1/S/C(=N\N=Cc2ccc(COC3CCCCC3)cc2)NC1=O. The lowest BCUT2D eigenvalue weighted by Crippen LogP contribution is -2.19. The molecule has 1 aliphatic carbocycles. The van der Waals surface area contributed by atoms with E-state index in [-0.39, 0.29) is 4.91 Å². The van der Waals surface area contributed by atoms with Crippen LogP contribution in [0.25, 0.3) is 0 Å². The third-order valence-electron chi connectivity index (χ3n) is 4.47. The van der Waals surface area contributed by atoms with Crippen LogP contribution >= 0.6 is 11.8 Å². The van der Waals surface area contributed by atoms with Crippen molar-refractivity contribution in [3.63, 3.8) is 0 Å². The highest BCUT2D eigenvalue weighted by molar-refractivity contribution is 8.18. The first-order chi connectivity index (χ1) is 13.6. The Hall–Kier alpha value is -2.45. The van der Waals surface area contributed by atoms with Gasteiger partial charge in [0.2, 0.25) is 0 Å². The van der Waals surface area contributed by atoms with Crippen molar-refractivity contribution in [2.75, 3.05) is 7.11 Å². The zero-order valence-corrected chi connectivity index (χ0v) is 16.5. The Kier molecular flexibility index (Phi) is 7.39. The van der Waals surface area contributed by atoms with Crippen molar-refractivity contribution >= 4 is 35.0 Å². The van der Waals surface area contributed by atoms with E-state index in [0.717, 1.165) is 41.8 Å². The zero-order chi connectivity index (χ0) is 19.8. The van der Waals surface area contributed by atoms with Crippen LogP contribution in [0, 0.1) is 0 Å². The molecule has 1 N–H and O–H groups in total. The predicted octanol–water partition coefficient (Wildman–Crippen LogP) is 3.15. The molecule has 8 heteroatoms. The van der Waals surface area contributed by atoms with Gasteiger partial charge in [-0.15, -0.1) is 5.10 Å². The number of benzene rings is 1. The molecule has 1 amide bonds. The van der Waals surface area contributed by atoms with E-state index < -0.39 is 11.9 Å². The highest BCUT2D eigenvalue weighted by atomic mass is 32.2. The van der Waals surface area contributed by atoms with Gasteiger partial charge in [-0.1, -0.05) is 43.5 Å². The third kappa shape index (κ3) is 6.03. The number of carbonyl (C=O) groups is 2. The molecule has 0 radical (unpaired) electrons. The van der Waals surface area contributed by atoms with Crippen LogP contribution in [0.1, 0.15) is 43.2 Å². The maximum absolute atomic E-state index is 11.7. The maximum Gasteiger partial charge on any atom is 0.331 e. The Balaban J connectivity index is 1.50. The summed E-state index contributed by atoms with van der Waals surface area (Å²) in [5, 5.41) is 10.8. The molecule has 0 bridgehead atoms. The molecule has 7 nitrogen and oxygen atoms in total. The van der Waals surface area contributed by atoms with Crippen molar-refractivity contribution in [2.24, 2.45) is 10.2 Å². The number of hydrogen-bond donors (Lipinski definition) is 1. The highest BCUT2D eigenvalue weighted by Crippen LogP contribution is 2.23. The van der Waals surface area contributed by atoms with Crippen LogP contribution in [0.3, 0.4) is 0 Å². The average molecular weight is 401 g/mol. The molecule has 0 unspecified atom stereocenters. The molecule has 1 aromatic carbocycles. The summed E-state index contributed by atoms with van der Waals surface area (Å²) in [6.07, 6.45) is 9.30. The van der Waals surface area contributed by atoms with E-state index in [4.69, 9.17) is 4.74 Å². The number of ether oxygens (including phenoxy) is 2. The summed E-state index contributed by atoms with van der Waals surface area (Å²) in [6, 6.07) is 7.93. The number of carbonyl (C=O) groups excluding carboxylic acids is 2. The van der Waals surface area contributed by atoms with Gasteiger partial charge < -0.3 is 9.47 Å². The number of rotatable bonds is 6. The minimum Gasteiger partial charge on any atom is -0.466 e. The number of nitrogens with one attached hydrogen (secondary N) is 1. The molecule has 0 spiro atoms. The van der Waals surface area contributed by atoms with Crippen LogP contribution < -0.4 is 5.32 Å². The van der Waals surface area contributed by atoms with Crippen LogP contribution in [0.4, 0.5) is 0 Å². The minimum atomic E-state index is -0.588. The monoisotopic (exact) mass is 401 g/mol. The first-order valence-electron chi connectivity index (χ1n) is 9.24. The molecule has 148 valence electrons. The number of methoxy groups -OCH3 is 1. The number of thioether (sulfide) groups is 1. The molecule has 0 aromatic heterocycles. The van der Waals surface area contributed by atoms with Gasteiger partial charge in [-0.05, 0) is 35.7 Å². The number of nitrogens with zero attached hydrogens (tertiary/aromatic N) is 2. The molecular formula is C20H23N3O4S. The van der Waals surface area contributed by atoms with E-state index in [1.54, 1.807) is 6.21 Å². The van der Waals surface area contributed by atoms with Crippen molar-refractivity contribution in [1.82, 2.24) is 5.32 Å². The lowest BCUT2D eigenvalue weighted by atomic mass is 9.98. The van der Waals surface area contributed by atoms with Crippen molar-refractivity contribution < 1.29 is 19.1 Å².